The fourth-order valence-corrected chi connectivity index (χ4v) is 1.81. The van der Waals surface area contributed by atoms with Crippen molar-refractivity contribution in [3.05, 3.63) is 35.4 Å². The van der Waals surface area contributed by atoms with Crippen LogP contribution in [0.2, 0.25) is 0 Å². The van der Waals surface area contributed by atoms with Gasteiger partial charge in [0.2, 0.25) is 0 Å². The number of rotatable bonds is 5. The summed E-state index contributed by atoms with van der Waals surface area (Å²) in [7, 11) is 0. The number of nitrogens with zero attached hydrogens (tertiary/aromatic N) is 1. The number of hydrogen-bond donors (Lipinski definition) is 1. The zero-order valence-corrected chi connectivity index (χ0v) is 13.7. The second-order valence-corrected chi connectivity index (χ2v) is 6.24. The molecule has 0 bridgehead atoms. The Kier molecular flexibility index (Phi) is 6.22. The average Bonchev–Trinajstić information content (AvgIpc) is 2.40. The predicted octanol–water partition coefficient (Wildman–Crippen LogP) is 3.92. The Morgan fingerprint density at radius 1 is 1.12 bits per heavy atom. The first-order chi connectivity index (χ1) is 10.9. The van der Waals surface area contributed by atoms with Gasteiger partial charge in [-0.25, -0.2) is 4.79 Å². The lowest BCUT2D eigenvalue weighted by molar-refractivity contribution is -0.138. The molecule has 0 spiro atoms. The minimum atomic E-state index is -4.44. The Labute approximate surface area is 138 Å². The van der Waals surface area contributed by atoms with E-state index in [-0.39, 0.29) is 19.5 Å². The van der Waals surface area contributed by atoms with Crippen LogP contribution < -0.4 is 0 Å². The quantitative estimate of drug-likeness (QED) is 0.877. The van der Waals surface area contributed by atoms with Crippen molar-refractivity contribution < 1.29 is 32.6 Å². The van der Waals surface area contributed by atoms with Gasteiger partial charge in [-0.15, -0.1) is 0 Å². The highest BCUT2D eigenvalue weighted by Gasteiger charge is 2.30. The Bertz CT molecular complexity index is 576. The molecule has 0 unspecified atom stereocenters. The molecule has 0 aliphatic rings. The molecule has 1 amide bonds. The lowest BCUT2D eigenvalue weighted by atomic mass is 10.1. The van der Waals surface area contributed by atoms with E-state index in [0.717, 1.165) is 17.0 Å². The van der Waals surface area contributed by atoms with Crippen LogP contribution in [0.25, 0.3) is 0 Å². The third-order valence-electron chi connectivity index (χ3n) is 2.90. The van der Waals surface area contributed by atoms with Crippen LogP contribution in [0.1, 0.15) is 38.3 Å². The fraction of sp³-hybridized carbons (Fsp3) is 0.500. The van der Waals surface area contributed by atoms with Crippen LogP contribution in [0.5, 0.6) is 0 Å². The van der Waals surface area contributed by atoms with Gasteiger partial charge in [-0.2, -0.15) is 13.2 Å². The first-order valence-electron chi connectivity index (χ1n) is 7.24. The van der Waals surface area contributed by atoms with E-state index in [1.807, 2.05) is 0 Å². The maximum absolute atomic E-state index is 12.6. The van der Waals surface area contributed by atoms with E-state index >= 15 is 0 Å². The van der Waals surface area contributed by atoms with E-state index in [1.165, 1.54) is 12.1 Å². The molecule has 0 aliphatic heterocycles. The summed E-state index contributed by atoms with van der Waals surface area (Å²) in [4.78, 5) is 24.0. The second-order valence-electron chi connectivity index (χ2n) is 6.24. The number of alkyl halides is 3. The topological polar surface area (TPSA) is 66.8 Å². The molecular weight excluding hydrogens is 327 g/mol. The molecule has 24 heavy (non-hydrogen) atoms. The first-order valence-corrected chi connectivity index (χ1v) is 7.24. The van der Waals surface area contributed by atoms with Gasteiger partial charge in [0.1, 0.15) is 5.60 Å². The molecule has 0 heterocycles. The normalized spacial score (nSPS) is 11.9. The maximum atomic E-state index is 12.6. The van der Waals surface area contributed by atoms with Crippen molar-refractivity contribution >= 4 is 12.1 Å². The van der Waals surface area contributed by atoms with Gasteiger partial charge < -0.3 is 14.7 Å². The van der Waals surface area contributed by atoms with E-state index < -0.39 is 29.4 Å². The van der Waals surface area contributed by atoms with Crippen molar-refractivity contribution in [1.82, 2.24) is 4.90 Å². The Hall–Kier alpha value is -2.25. The van der Waals surface area contributed by atoms with Crippen LogP contribution in [0.3, 0.4) is 0 Å². The van der Waals surface area contributed by atoms with Gasteiger partial charge in [0.15, 0.2) is 0 Å². The van der Waals surface area contributed by atoms with Gasteiger partial charge in [-0.1, -0.05) is 12.1 Å². The third kappa shape index (κ3) is 6.89. The average molecular weight is 347 g/mol. The maximum Gasteiger partial charge on any atom is 0.416 e. The summed E-state index contributed by atoms with van der Waals surface area (Å²) in [5.74, 6) is -1.09. The Balaban J connectivity index is 2.87. The van der Waals surface area contributed by atoms with Gasteiger partial charge in [-0.3, -0.25) is 4.79 Å². The van der Waals surface area contributed by atoms with Gasteiger partial charge >= 0.3 is 18.2 Å². The largest absolute Gasteiger partial charge is 0.481 e. The van der Waals surface area contributed by atoms with Crippen molar-refractivity contribution in [3.63, 3.8) is 0 Å². The van der Waals surface area contributed by atoms with Gasteiger partial charge in [-0.05, 0) is 38.5 Å². The van der Waals surface area contributed by atoms with Crippen molar-refractivity contribution in [2.75, 3.05) is 6.54 Å². The summed E-state index contributed by atoms with van der Waals surface area (Å²) in [6, 6.07) is 4.33. The molecule has 1 N–H and O–H groups in total. The number of aliphatic carboxylic acids is 1. The van der Waals surface area contributed by atoms with E-state index in [4.69, 9.17) is 9.84 Å². The summed E-state index contributed by atoms with van der Waals surface area (Å²) in [6.07, 6.45) is -5.45. The van der Waals surface area contributed by atoms with E-state index in [9.17, 15) is 22.8 Å². The van der Waals surface area contributed by atoms with Crippen molar-refractivity contribution in [1.29, 1.82) is 0 Å². The smallest absolute Gasteiger partial charge is 0.416 e. The van der Waals surface area contributed by atoms with Gasteiger partial charge in [0, 0.05) is 13.1 Å². The fourth-order valence-electron chi connectivity index (χ4n) is 1.81. The number of ether oxygens (including phenoxy) is 1. The molecule has 0 saturated heterocycles. The van der Waals surface area contributed by atoms with Gasteiger partial charge in [0.05, 0.1) is 12.0 Å². The Morgan fingerprint density at radius 2 is 1.67 bits per heavy atom. The molecule has 0 fully saturated rings. The number of carbonyl (C=O) groups excluding carboxylic acids is 1. The molecule has 1 aromatic carbocycles. The predicted molar refractivity (Wildman–Crippen MR) is 80.3 cm³/mol. The molecule has 1 aromatic rings. The number of halogens is 3. The zero-order valence-electron chi connectivity index (χ0n) is 13.7. The van der Waals surface area contributed by atoms with Crippen molar-refractivity contribution in [2.45, 2.75) is 45.5 Å². The SMILES string of the molecule is CC(C)(C)OC(=O)N(CCC(=O)O)Cc1ccc(C(F)(F)F)cc1. The summed E-state index contributed by atoms with van der Waals surface area (Å²) in [6.45, 7) is 4.85. The molecule has 1 rings (SSSR count). The first kappa shape index (κ1) is 19.8. The van der Waals surface area contributed by atoms with Crippen molar-refractivity contribution in [3.8, 4) is 0 Å². The van der Waals surface area contributed by atoms with Crippen LogP contribution in [-0.2, 0) is 22.3 Å². The lowest BCUT2D eigenvalue weighted by Crippen LogP contribution is -2.37. The molecule has 0 radical (unpaired) electrons. The highest BCUT2D eigenvalue weighted by Crippen LogP contribution is 2.29. The van der Waals surface area contributed by atoms with Gasteiger partial charge in [0.25, 0.3) is 0 Å². The van der Waals surface area contributed by atoms with Crippen molar-refractivity contribution in [2.24, 2.45) is 0 Å². The second kappa shape index (κ2) is 7.55. The van der Waals surface area contributed by atoms with Crippen LogP contribution >= 0.6 is 0 Å². The molecule has 0 saturated carbocycles. The lowest BCUT2D eigenvalue weighted by Gasteiger charge is -2.27. The summed E-state index contributed by atoms with van der Waals surface area (Å²) < 4.78 is 42.9. The van der Waals surface area contributed by atoms with Crippen LogP contribution in [0.4, 0.5) is 18.0 Å². The number of carboxylic acid groups (broad SMARTS) is 1. The van der Waals surface area contributed by atoms with E-state index in [1.54, 1.807) is 20.8 Å². The monoisotopic (exact) mass is 347 g/mol. The number of carboxylic acids is 1. The molecule has 0 atom stereocenters. The summed E-state index contributed by atoms with van der Waals surface area (Å²) in [5, 5.41) is 8.76. The molecule has 5 nitrogen and oxygen atoms in total. The van der Waals surface area contributed by atoms with Crippen LogP contribution in [0, 0.1) is 0 Å². The van der Waals surface area contributed by atoms with E-state index in [2.05, 4.69) is 0 Å². The zero-order chi connectivity index (χ0) is 18.5. The molecular formula is C16H20F3NO4. The summed E-state index contributed by atoms with van der Waals surface area (Å²) >= 11 is 0. The highest BCUT2D eigenvalue weighted by atomic mass is 19.4. The third-order valence-corrected chi connectivity index (χ3v) is 2.90. The molecule has 134 valence electrons. The molecule has 0 aromatic heterocycles. The number of amides is 1. The minimum absolute atomic E-state index is 0.0413. The minimum Gasteiger partial charge on any atom is -0.481 e. The Morgan fingerprint density at radius 3 is 2.08 bits per heavy atom. The molecule has 8 heteroatoms. The highest BCUT2D eigenvalue weighted by molar-refractivity contribution is 5.71. The molecule has 0 aliphatic carbocycles. The number of hydrogen-bond acceptors (Lipinski definition) is 3. The number of carbonyl (C=O) groups is 2. The number of benzene rings is 1. The summed E-state index contributed by atoms with van der Waals surface area (Å²) in [5.41, 5.74) is -1.11. The van der Waals surface area contributed by atoms with E-state index in [0.29, 0.717) is 5.56 Å². The van der Waals surface area contributed by atoms with Crippen LogP contribution in [0.15, 0.2) is 24.3 Å². The standard InChI is InChI=1S/C16H20F3NO4/c1-15(2,3)24-14(23)20(9-8-13(21)22)10-11-4-6-12(7-5-11)16(17,18)19/h4-7H,8-10H2,1-3H3,(H,21,22). The van der Waals surface area contributed by atoms with Crippen LogP contribution in [-0.4, -0.2) is 34.2 Å².